The first-order valence-corrected chi connectivity index (χ1v) is 12.0. The Bertz CT molecular complexity index is 1210. The highest BCUT2D eigenvalue weighted by Gasteiger charge is 2.42. The first-order chi connectivity index (χ1) is 17.2. The summed E-state index contributed by atoms with van der Waals surface area (Å²) in [6, 6.07) is 9.78. The first-order valence-electron chi connectivity index (χ1n) is 12.0. The van der Waals surface area contributed by atoms with Crippen LogP contribution in [0.4, 0.5) is 8.78 Å². The molecule has 2 heterocycles. The third kappa shape index (κ3) is 6.37. The number of para-hydroxylation sites is 2. The van der Waals surface area contributed by atoms with Gasteiger partial charge in [-0.15, -0.1) is 0 Å². The van der Waals surface area contributed by atoms with Crippen LogP contribution in [-0.2, 0) is 11.2 Å². The molecule has 4 atom stereocenters. The van der Waals surface area contributed by atoms with Crippen molar-refractivity contribution in [1.82, 2.24) is 20.3 Å². The van der Waals surface area contributed by atoms with E-state index < -0.39 is 48.1 Å². The van der Waals surface area contributed by atoms with Crippen molar-refractivity contribution in [2.75, 3.05) is 0 Å². The zero-order chi connectivity index (χ0) is 25.7. The number of nitrogens with one attached hydrogen (secondary N) is 1. The molecule has 36 heavy (non-hydrogen) atoms. The average molecular weight is 498 g/mol. The second kappa shape index (κ2) is 11.0. The van der Waals surface area contributed by atoms with Gasteiger partial charge in [0.15, 0.2) is 0 Å². The molecule has 4 rings (SSSR count). The largest absolute Gasteiger partial charge is 0.391 e. The summed E-state index contributed by atoms with van der Waals surface area (Å²) in [7, 11) is 0. The van der Waals surface area contributed by atoms with Crippen LogP contribution >= 0.6 is 0 Å². The summed E-state index contributed by atoms with van der Waals surface area (Å²) in [5.41, 5.74) is 7.58. The maximum Gasteiger partial charge on any atom is 0.271 e. The van der Waals surface area contributed by atoms with E-state index in [1.54, 1.807) is 42.7 Å². The van der Waals surface area contributed by atoms with E-state index in [1.165, 1.54) is 6.20 Å². The van der Waals surface area contributed by atoms with Gasteiger partial charge in [-0.25, -0.2) is 13.8 Å². The molecule has 2 amide bonds. The number of hydrogen-bond donors (Lipinski definition) is 3. The summed E-state index contributed by atoms with van der Waals surface area (Å²) >= 11 is 0. The molecule has 1 aliphatic carbocycles. The Labute approximate surface area is 207 Å². The van der Waals surface area contributed by atoms with Gasteiger partial charge in [0.2, 0.25) is 11.8 Å². The Balaban J connectivity index is 1.54. The van der Waals surface area contributed by atoms with Gasteiger partial charge in [0.05, 0.1) is 29.4 Å². The number of aromatic nitrogens is 3. The molecule has 0 radical (unpaired) electrons. The second-order valence-corrected chi connectivity index (χ2v) is 9.41. The van der Waals surface area contributed by atoms with Crippen LogP contribution in [0.25, 0.3) is 11.0 Å². The monoisotopic (exact) mass is 497 g/mol. The molecule has 2 aromatic heterocycles. The minimum absolute atomic E-state index is 0.0652. The number of pyridine rings is 1. The van der Waals surface area contributed by atoms with Gasteiger partial charge in [-0.1, -0.05) is 18.2 Å². The molecule has 10 heteroatoms. The highest BCUT2D eigenvalue weighted by atomic mass is 19.3. The van der Waals surface area contributed by atoms with E-state index >= 15 is 0 Å². The molecular formula is C26H29F2N5O3. The number of aliphatic hydroxyl groups is 1. The number of halogens is 2. The third-order valence-corrected chi connectivity index (χ3v) is 6.75. The lowest BCUT2D eigenvalue weighted by Gasteiger charge is -2.35. The Kier molecular flexibility index (Phi) is 7.83. The molecule has 4 N–H and O–H groups in total. The van der Waals surface area contributed by atoms with Gasteiger partial charge < -0.3 is 16.2 Å². The van der Waals surface area contributed by atoms with E-state index in [2.05, 4.69) is 20.3 Å². The minimum atomic E-state index is -2.86. The lowest BCUT2D eigenvalue weighted by atomic mass is 9.75. The molecule has 1 aromatic carbocycles. The smallest absolute Gasteiger partial charge is 0.271 e. The number of aliphatic hydroxyl groups excluding tert-OH is 1. The van der Waals surface area contributed by atoms with Crippen molar-refractivity contribution < 1.29 is 23.5 Å². The fraction of sp³-hybridized carbons (Fsp3) is 0.423. The minimum Gasteiger partial charge on any atom is -0.391 e. The van der Waals surface area contributed by atoms with Crippen LogP contribution in [0.15, 0.2) is 55.0 Å². The van der Waals surface area contributed by atoms with Crippen LogP contribution in [0.1, 0.15) is 48.2 Å². The number of nitrogens with two attached hydrogens (primary N) is 1. The summed E-state index contributed by atoms with van der Waals surface area (Å²) < 4.78 is 28.1. The van der Waals surface area contributed by atoms with Crippen molar-refractivity contribution in [1.29, 1.82) is 0 Å². The number of fused-ring (bicyclic) bond motifs is 1. The van der Waals surface area contributed by atoms with Gasteiger partial charge in [-0.05, 0) is 55.4 Å². The SMILES string of the molecule is NC(=O)C(CC(O)C(Cc1cccnc1)NC(=O)c1cnc2ccccc2n1)C1CCCC(F)(F)C1. The predicted octanol–water partition coefficient (Wildman–Crippen LogP) is 3.04. The van der Waals surface area contributed by atoms with E-state index in [9.17, 15) is 23.5 Å². The van der Waals surface area contributed by atoms with Gasteiger partial charge >= 0.3 is 0 Å². The molecule has 0 saturated heterocycles. The van der Waals surface area contributed by atoms with Gasteiger partial charge in [-0.2, -0.15) is 0 Å². The van der Waals surface area contributed by atoms with E-state index in [1.807, 2.05) is 6.07 Å². The molecule has 3 aromatic rings. The maximum atomic E-state index is 14.0. The zero-order valence-corrected chi connectivity index (χ0v) is 19.7. The van der Waals surface area contributed by atoms with Crippen molar-refractivity contribution in [3.63, 3.8) is 0 Å². The van der Waals surface area contributed by atoms with Crippen LogP contribution in [0.3, 0.4) is 0 Å². The highest BCUT2D eigenvalue weighted by Crippen LogP contribution is 2.41. The number of rotatable bonds is 9. The molecule has 1 fully saturated rings. The molecule has 8 nitrogen and oxygen atoms in total. The van der Waals surface area contributed by atoms with Crippen LogP contribution in [0.5, 0.6) is 0 Å². The molecule has 190 valence electrons. The Morgan fingerprint density at radius 2 is 1.94 bits per heavy atom. The number of primary amides is 1. The number of carbonyl (C=O) groups is 2. The lowest BCUT2D eigenvalue weighted by Crippen LogP contribution is -2.48. The lowest BCUT2D eigenvalue weighted by molar-refractivity contribution is -0.128. The average Bonchev–Trinajstić information content (AvgIpc) is 2.86. The number of nitrogens with zero attached hydrogens (tertiary/aromatic N) is 3. The molecular weight excluding hydrogens is 468 g/mol. The molecule has 0 spiro atoms. The number of amides is 2. The highest BCUT2D eigenvalue weighted by molar-refractivity contribution is 5.94. The number of alkyl halides is 2. The molecule has 0 aliphatic heterocycles. The van der Waals surface area contributed by atoms with E-state index in [4.69, 9.17) is 5.73 Å². The van der Waals surface area contributed by atoms with Crippen molar-refractivity contribution >= 4 is 22.8 Å². The van der Waals surface area contributed by atoms with E-state index in [-0.39, 0.29) is 31.4 Å². The molecule has 4 unspecified atom stereocenters. The van der Waals surface area contributed by atoms with E-state index in [0.29, 0.717) is 17.5 Å². The van der Waals surface area contributed by atoms with E-state index in [0.717, 1.165) is 5.56 Å². The van der Waals surface area contributed by atoms with Crippen molar-refractivity contribution in [3.8, 4) is 0 Å². The summed E-state index contributed by atoms with van der Waals surface area (Å²) in [4.78, 5) is 38.0. The van der Waals surface area contributed by atoms with Gasteiger partial charge in [-0.3, -0.25) is 19.6 Å². The number of carbonyl (C=O) groups excluding carboxylic acids is 2. The maximum absolute atomic E-state index is 14.0. The Morgan fingerprint density at radius 1 is 1.17 bits per heavy atom. The first kappa shape index (κ1) is 25.6. The molecule has 0 bridgehead atoms. The zero-order valence-electron chi connectivity index (χ0n) is 19.7. The topological polar surface area (TPSA) is 131 Å². The van der Waals surface area contributed by atoms with Gasteiger partial charge in [0, 0.05) is 31.2 Å². The standard InChI is InChI=1S/C26H29F2N5O3/c27-26(28)9-3-6-17(13-26)18(24(29)35)12-23(34)21(11-16-5-4-10-30-14-16)33-25(36)22-15-31-19-7-1-2-8-20(19)32-22/h1-2,4-5,7-8,10,14-15,17-18,21,23,34H,3,6,9,11-13H2,(H2,29,35)(H,33,36). The molecule has 1 aliphatic rings. The van der Waals surface area contributed by atoms with Crippen molar-refractivity contribution in [3.05, 3.63) is 66.2 Å². The summed E-state index contributed by atoms with van der Waals surface area (Å²) in [5.74, 6) is -5.73. The summed E-state index contributed by atoms with van der Waals surface area (Å²) in [6.07, 6.45) is 3.44. The van der Waals surface area contributed by atoms with Crippen LogP contribution in [0, 0.1) is 11.8 Å². The normalized spacial score (nSPS) is 19.8. The van der Waals surface area contributed by atoms with Gasteiger partial charge in [0.25, 0.3) is 5.91 Å². The Hall–Kier alpha value is -3.53. The van der Waals surface area contributed by atoms with Crippen molar-refractivity contribution in [2.24, 2.45) is 17.6 Å². The number of benzene rings is 1. The Morgan fingerprint density at radius 3 is 2.64 bits per heavy atom. The van der Waals surface area contributed by atoms with Gasteiger partial charge in [0.1, 0.15) is 5.69 Å². The third-order valence-electron chi connectivity index (χ3n) is 6.75. The van der Waals surface area contributed by atoms with Crippen LogP contribution < -0.4 is 11.1 Å². The van der Waals surface area contributed by atoms with Crippen molar-refractivity contribution in [2.45, 2.75) is 56.6 Å². The van der Waals surface area contributed by atoms with Crippen LogP contribution in [0.2, 0.25) is 0 Å². The summed E-state index contributed by atoms with van der Waals surface area (Å²) in [6.45, 7) is 0. The molecule has 1 saturated carbocycles. The second-order valence-electron chi connectivity index (χ2n) is 9.41. The predicted molar refractivity (Wildman–Crippen MR) is 129 cm³/mol. The summed E-state index contributed by atoms with van der Waals surface area (Å²) in [5, 5.41) is 13.9. The fourth-order valence-electron chi connectivity index (χ4n) is 4.88. The van der Waals surface area contributed by atoms with Crippen LogP contribution in [-0.4, -0.2) is 49.9 Å². The quantitative estimate of drug-likeness (QED) is 0.417. The fourth-order valence-corrected chi connectivity index (χ4v) is 4.88. The number of hydrogen-bond acceptors (Lipinski definition) is 6.